The Kier molecular flexibility index (Phi) is 5.69. The lowest BCUT2D eigenvalue weighted by Crippen LogP contribution is -2.35. The standard InChI is InChI=1S/C17H17BrN2OS/c1-11-8-14(18)9-12(2)16(11)20-17(22)19-15(21)10-13-6-4-3-5-7-13/h3-9H,10H2,1-2H3,(H2,19,20,21,22). The van der Waals surface area contributed by atoms with Crippen LogP contribution in [-0.2, 0) is 11.2 Å². The molecule has 114 valence electrons. The van der Waals surface area contributed by atoms with Crippen LogP contribution in [0.4, 0.5) is 5.69 Å². The first-order valence-corrected chi connectivity index (χ1v) is 8.07. The van der Waals surface area contributed by atoms with Crippen molar-refractivity contribution in [2.75, 3.05) is 5.32 Å². The highest BCUT2D eigenvalue weighted by Gasteiger charge is 2.09. The molecule has 0 aliphatic rings. The number of benzene rings is 2. The van der Waals surface area contributed by atoms with E-state index in [1.165, 1.54) is 0 Å². The molecular weight excluding hydrogens is 360 g/mol. The highest BCUT2D eigenvalue weighted by atomic mass is 79.9. The molecular formula is C17H17BrN2OS. The number of halogens is 1. The van der Waals surface area contributed by atoms with Gasteiger partial charge in [-0.1, -0.05) is 46.3 Å². The van der Waals surface area contributed by atoms with Gasteiger partial charge < -0.3 is 10.6 Å². The Morgan fingerprint density at radius 3 is 2.32 bits per heavy atom. The molecule has 0 unspecified atom stereocenters. The van der Waals surface area contributed by atoms with Crippen LogP contribution >= 0.6 is 28.1 Å². The maximum atomic E-state index is 12.0. The number of carbonyl (C=O) groups excluding carboxylic acids is 1. The number of hydrogen-bond acceptors (Lipinski definition) is 2. The van der Waals surface area contributed by atoms with Crippen LogP contribution in [0.15, 0.2) is 46.9 Å². The number of anilines is 1. The zero-order valence-corrected chi connectivity index (χ0v) is 14.8. The largest absolute Gasteiger partial charge is 0.332 e. The molecule has 0 aliphatic carbocycles. The van der Waals surface area contributed by atoms with Crippen LogP contribution < -0.4 is 10.6 Å². The topological polar surface area (TPSA) is 41.1 Å². The molecule has 3 nitrogen and oxygen atoms in total. The first-order valence-electron chi connectivity index (χ1n) is 6.87. The van der Waals surface area contributed by atoms with Gasteiger partial charge >= 0.3 is 0 Å². The van der Waals surface area contributed by atoms with Gasteiger partial charge in [-0.15, -0.1) is 0 Å². The van der Waals surface area contributed by atoms with Crippen LogP contribution in [-0.4, -0.2) is 11.0 Å². The zero-order valence-electron chi connectivity index (χ0n) is 12.4. The van der Waals surface area contributed by atoms with Gasteiger partial charge in [0.2, 0.25) is 5.91 Å². The third-order valence-electron chi connectivity index (χ3n) is 3.20. The average Bonchev–Trinajstić information content (AvgIpc) is 2.43. The molecule has 0 aliphatic heterocycles. The number of amides is 1. The summed E-state index contributed by atoms with van der Waals surface area (Å²) in [5.74, 6) is -0.129. The van der Waals surface area contributed by atoms with Crippen LogP contribution in [0, 0.1) is 13.8 Å². The fourth-order valence-corrected chi connectivity index (χ4v) is 3.11. The third kappa shape index (κ3) is 4.64. The van der Waals surface area contributed by atoms with Crippen LogP contribution in [0.5, 0.6) is 0 Å². The van der Waals surface area contributed by atoms with E-state index in [4.69, 9.17) is 12.2 Å². The van der Waals surface area contributed by atoms with Gasteiger partial charge in [-0.3, -0.25) is 4.79 Å². The van der Waals surface area contributed by atoms with Crippen molar-refractivity contribution in [3.8, 4) is 0 Å². The molecule has 22 heavy (non-hydrogen) atoms. The van der Waals surface area contributed by atoms with E-state index in [0.717, 1.165) is 26.9 Å². The van der Waals surface area contributed by atoms with Crippen molar-refractivity contribution in [3.05, 3.63) is 63.6 Å². The number of thiocarbonyl (C=S) groups is 1. The Labute approximate surface area is 144 Å². The molecule has 0 fully saturated rings. The predicted octanol–water partition coefficient (Wildman–Crippen LogP) is 4.12. The van der Waals surface area contributed by atoms with Crippen molar-refractivity contribution in [1.29, 1.82) is 0 Å². The van der Waals surface area contributed by atoms with E-state index < -0.39 is 0 Å². The molecule has 2 aromatic carbocycles. The van der Waals surface area contributed by atoms with Crippen LogP contribution in [0.25, 0.3) is 0 Å². The van der Waals surface area contributed by atoms with E-state index >= 15 is 0 Å². The molecule has 0 saturated heterocycles. The van der Waals surface area contributed by atoms with Gasteiger partial charge in [0, 0.05) is 10.2 Å². The highest BCUT2D eigenvalue weighted by molar-refractivity contribution is 9.10. The summed E-state index contributed by atoms with van der Waals surface area (Å²) in [5.41, 5.74) is 4.00. The molecule has 5 heteroatoms. The summed E-state index contributed by atoms with van der Waals surface area (Å²) < 4.78 is 1.02. The van der Waals surface area contributed by atoms with Crippen molar-refractivity contribution in [1.82, 2.24) is 5.32 Å². The van der Waals surface area contributed by atoms with Crippen molar-refractivity contribution < 1.29 is 4.79 Å². The lowest BCUT2D eigenvalue weighted by atomic mass is 10.1. The first kappa shape index (κ1) is 16.6. The Morgan fingerprint density at radius 1 is 1.14 bits per heavy atom. The molecule has 0 atom stereocenters. The number of nitrogens with one attached hydrogen (secondary N) is 2. The molecule has 0 spiro atoms. The van der Waals surface area contributed by atoms with Crippen molar-refractivity contribution in [2.45, 2.75) is 20.3 Å². The van der Waals surface area contributed by atoms with E-state index in [-0.39, 0.29) is 5.91 Å². The summed E-state index contributed by atoms with van der Waals surface area (Å²) in [5, 5.41) is 6.13. The Balaban J connectivity index is 1.97. The molecule has 0 aromatic heterocycles. The quantitative estimate of drug-likeness (QED) is 0.791. The van der Waals surface area contributed by atoms with Crippen LogP contribution in [0.3, 0.4) is 0 Å². The van der Waals surface area contributed by atoms with E-state index in [0.29, 0.717) is 11.5 Å². The van der Waals surface area contributed by atoms with E-state index in [1.54, 1.807) is 0 Å². The van der Waals surface area contributed by atoms with Gasteiger partial charge in [-0.2, -0.15) is 0 Å². The summed E-state index contributed by atoms with van der Waals surface area (Å²) >= 11 is 8.69. The van der Waals surface area contributed by atoms with Crippen molar-refractivity contribution >= 4 is 44.9 Å². The summed E-state index contributed by atoms with van der Waals surface area (Å²) in [7, 11) is 0. The summed E-state index contributed by atoms with van der Waals surface area (Å²) in [6.07, 6.45) is 0.307. The van der Waals surface area contributed by atoms with Gasteiger partial charge in [-0.05, 0) is 54.9 Å². The minimum absolute atomic E-state index is 0.129. The predicted molar refractivity (Wildman–Crippen MR) is 98.1 cm³/mol. The number of hydrogen-bond donors (Lipinski definition) is 2. The number of aryl methyl sites for hydroxylation is 2. The molecule has 0 bridgehead atoms. The van der Waals surface area contributed by atoms with Gasteiger partial charge in [-0.25, -0.2) is 0 Å². The molecule has 1 amide bonds. The van der Waals surface area contributed by atoms with Crippen LogP contribution in [0.1, 0.15) is 16.7 Å². The van der Waals surface area contributed by atoms with Gasteiger partial charge in [0.25, 0.3) is 0 Å². The SMILES string of the molecule is Cc1cc(Br)cc(C)c1NC(=S)NC(=O)Cc1ccccc1. The average molecular weight is 377 g/mol. The summed E-state index contributed by atoms with van der Waals surface area (Å²) in [6.45, 7) is 3.99. The van der Waals surface area contributed by atoms with Crippen molar-refractivity contribution in [2.24, 2.45) is 0 Å². The van der Waals surface area contributed by atoms with Gasteiger partial charge in [0.1, 0.15) is 0 Å². The van der Waals surface area contributed by atoms with Crippen molar-refractivity contribution in [3.63, 3.8) is 0 Å². The fourth-order valence-electron chi connectivity index (χ4n) is 2.20. The Hall–Kier alpha value is -1.72. The normalized spacial score (nSPS) is 10.1. The monoisotopic (exact) mass is 376 g/mol. The Morgan fingerprint density at radius 2 is 1.73 bits per heavy atom. The smallest absolute Gasteiger partial charge is 0.230 e. The minimum Gasteiger partial charge on any atom is -0.332 e. The zero-order chi connectivity index (χ0) is 16.1. The van der Waals surface area contributed by atoms with E-state index in [2.05, 4.69) is 26.6 Å². The lowest BCUT2D eigenvalue weighted by Gasteiger charge is -2.14. The highest BCUT2D eigenvalue weighted by Crippen LogP contribution is 2.24. The van der Waals surface area contributed by atoms with Gasteiger partial charge in [0.15, 0.2) is 5.11 Å². The van der Waals surface area contributed by atoms with E-state index in [1.807, 2.05) is 56.3 Å². The molecule has 2 rings (SSSR count). The lowest BCUT2D eigenvalue weighted by molar-refractivity contribution is -0.119. The molecule has 0 radical (unpaired) electrons. The maximum Gasteiger partial charge on any atom is 0.230 e. The second-order valence-electron chi connectivity index (χ2n) is 5.08. The van der Waals surface area contributed by atoms with Crippen LogP contribution in [0.2, 0.25) is 0 Å². The Bertz CT molecular complexity index is 678. The third-order valence-corrected chi connectivity index (χ3v) is 3.86. The molecule has 2 aromatic rings. The van der Waals surface area contributed by atoms with Gasteiger partial charge in [0.05, 0.1) is 6.42 Å². The molecule has 2 N–H and O–H groups in total. The summed E-state index contributed by atoms with van der Waals surface area (Å²) in [4.78, 5) is 12.0. The maximum absolute atomic E-state index is 12.0. The first-order chi connectivity index (χ1) is 10.5. The second kappa shape index (κ2) is 7.51. The summed E-state index contributed by atoms with van der Waals surface area (Å²) in [6, 6.07) is 13.6. The minimum atomic E-state index is -0.129. The number of carbonyl (C=O) groups is 1. The molecule has 0 heterocycles. The number of rotatable bonds is 3. The second-order valence-corrected chi connectivity index (χ2v) is 6.40. The fraction of sp³-hybridized carbons (Fsp3) is 0.176. The molecule has 0 saturated carbocycles. The van der Waals surface area contributed by atoms with E-state index in [9.17, 15) is 4.79 Å².